The summed E-state index contributed by atoms with van der Waals surface area (Å²) in [4.78, 5) is 0. The molecule has 0 amide bonds. The lowest BCUT2D eigenvalue weighted by Crippen LogP contribution is -2.09. The van der Waals surface area contributed by atoms with Crippen LogP contribution in [0.4, 0.5) is 0 Å². The summed E-state index contributed by atoms with van der Waals surface area (Å²) in [5, 5.41) is 9.25. The van der Waals surface area contributed by atoms with Crippen LogP contribution >= 0.6 is 11.8 Å². The van der Waals surface area contributed by atoms with Crippen LogP contribution in [0.2, 0.25) is 0 Å². The van der Waals surface area contributed by atoms with Gasteiger partial charge in [-0.3, -0.25) is 0 Å². The first-order valence-electron chi connectivity index (χ1n) is 5.73. The minimum absolute atomic E-state index is 0.376. The summed E-state index contributed by atoms with van der Waals surface area (Å²) >= 11 is 1.77. The average molecular weight is 242 g/mol. The number of rotatable bonds is 5. The molecule has 1 rings (SSSR count). The van der Waals surface area contributed by atoms with Crippen LogP contribution in [0.25, 0.3) is 0 Å². The Labute approximate surface area is 102 Å². The van der Waals surface area contributed by atoms with E-state index in [0.717, 1.165) is 23.3 Å². The third kappa shape index (κ3) is 3.79. The zero-order valence-electron chi connectivity index (χ0n) is 10.7. The second-order valence-electron chi connectivity index (χ2n) is 5.01. The first kappa shape index (κ1) is 13.5. The van der Waals surface area contributed by atoms with Gasteiger partial charge >= 0.3 is 0 Å². The second kappa shape index (κ2) is 5.68. The maximum atomic E-state index is 5.60. The molecule has 0 spiro atoms. The fourth-order valence-electron chi connectivity index (χ4n) is 1.34. The lowest BCUT2D eigenvalue weighted by Gasteiger charge is -2.17. The second-order valence-corrected chi connectivity index (χ2v) is 6.07. The summed E-state index contributed by atoms with van der Waals surface area (Å²) < 4.78 is 2.09. The third-order valence-electron chi connectivity index (χ3n) is 2.38. The highest BCUT2D eigenvalue weighted by Gasteiger charge is 2.13. The van der Waals surface area contributed by atoms with Crippen LogP contribution in [0.1, 0.15) is 39.9 Å². The van der Waals surface area contributed by atoms with Crippen LogP contribution in [-0.2, 0) is 13.1 Å². The summed E-state index contributed by atoms with van der Waals surface area (Å²) in [6, 6.07) is 0. The number of aromatic nitrogens is 3. The molecular formula is C11H22N4S. The molecule has 0 aromatic carbocycles. The van der Waals surface area contributed by atoms with Gasteiger partial charge in [0.1, 0.15) is 5.82 Å². The highest BCUT2D eigenvalue weighted by molar-refractivity contribution is 7.99. The quantitative estimate of drug-likeness (QED) is 0.805. The molecule has 0 saturated carbocycles. The molecule has 92 valence electrons. The molecule has 2 N–H and O–H groups in total. The average Bonchev–Trinajstić information content (AvgIpc) is 2.58. The Hall–Kier alpha value is -0.550. The van der Waals surface area contributed by atoms with Crippen molar-refractivity contribution in [3.8, 4) is 0 Å². The fourth-order valence-corrected chi connectivity index (χ4v) is 2.73. The SMILES string of the molecule is CCn1c(CN)nnc1SCCC(C)(C)C. The summed E-state index contributed by atoms with van der Waals surface area (Å²) in [5.41, 5.74) is 5.98. The molecule has 0 bridgehead atoms. The van der Waals surface area contributed by atoms with E-state index in [9.17, 15) is 0 Å². The monoisotopic (exact) mass is 242 g/mol. The Bertz CT molecular complexity index is 327. The molecule has 5 heteroatoms. The van der Waals surface area contributed by atoms with Gasteiger partial charge in [-0.1, -0.05) is 32.5 Å². The number of hydrogen-bond donors (Lipinski definition) is 1. The van der Waals surface area contributed by atoms with Gasteiger partial charge in [-0.2, -0.15) is 0 Å². The van der Waals surface area contributed by atoms with E-state index in [4.69, 9.17) is 5.73 Å². The third-order valence-corrected chi connectivity index (χ3v) is 3.34. The maximum Gasteiger partial charge on any atom is 0.191 e. The van der Waals surface area contributed by atoms with Gasteiger partial charge < -0.3 is 10.3 Å². The van der Waals surface area contributed by atoms with Crippen molar-refractivity contribution in [3.63, 3.8) is 0 Å². The number of thioether (sulfide) groups is 1. The van der Waals surface area contributed by atoms with Crippen molar-refractivity contribution in [2.24, 2.45) is 11.1 Å². The number of nitrogens with zero attached hydrogens (tertiary/aromatic N) is 3. The molecule has 1 aromatic rings. The first-order valence-corrected chi connectivity index (χ1v) is 6.71. The Balaban J connectivity index is 2.57. The zero-order chi connectivity index (χ0) is 12.2. The summed E-state index contributed by atoms with van der Waals surface area (Å²) in [5.74, 6) is 1.95. The van der Waals surface area contributed by atoms with Gasteiger partial charge in [0, 0.05) is 12.3 Å². The van der Waals surface area contributed by atoms with Gasteiger partial charge in [0.2, 0.25) is 0 Å². The smallest absolute Gasteiger partial charge is 0.191 e. The van der Waals surface area contributed by atoms with E-state index in [1.54, 1.807) is 11.8 Å². The van der Waals surface area contributed by atoms with Gasteiger partial charge in [-0.25, -0.2) is 0 Å². The van der Waals surface area contributed by atoms with E-state index in [0.29, 0.717) is 12.0 Å². The molecule has 1 aromatic heterocycles. The number of nitrogens with two attached hydrogens (primary N) is 1. The molecule has 0 unspecified atom stereocenters. The van der Waals surface area contributed by atoms with Crippen LogP contribution in [0, 0.1) is 5.41 Å². The van der Waals surface area contributed by atoms with E-state index in [1.807, 2.05) is 0 Å². The highest BCUT2D eigenvalue weighted by Crippen LogP contribution is 2.25. The van der Waals surface area contributed by atoms with E-state index in [1.165, 1.54) is 6.42 Å². The molecule has 0 aliphatic rings. The zero-order valence-corrected chi connectivity index (χ0v) is 11.5. The number of hydrogen-bond acceptors (Lipinski definition) is 4. The highest BCUT2D eigenvalue weighted by atomic mass is 32.2. The molecule has 16 heavy (non-hydrogen) atoms. The van der Waals surface area contributed by atoms with Crippen molar-refractivity contribution in [2.45, 2.75) is 52.4 Å². The molecule has 0 radical (unpaired) electrons. The van der Waals surface area contributed by atoms with Gasteiger partial charge in [0.25, 0.3) is 0 Å². The predicted molar refractivity (Wildman–Crippen MR) is 68.4 cm³/mol. The van der Waals surface area contributed by atoms with Crippen LogP contribution in [0.3, 0.4) is 0 Å². The molecular weight excluding hydrogens is 220 g/mol. The molecule has 1 heterocycles. The van der Waals surface area contributed by atoms with E-state index < -0.39 is 0 Å². The molecule has 0 fully saturated rings. The summed E-state index contributed by atoms with van der Waals surface area (Å²) in [6.07, 6.45) is 1.17. The van der Waals surface area contributed by atoms with Crippen molar-refractivity contribution in [3.05, 3.63) is 5.82 Å². The minimum Gasteiger partial charge on any atom is -0.324 e. The standard InChI is InChI=1S/C11H22N4S/c1-5-15-9(8-12)13-14-10(15)16-7-6-11(2,3)4/h5-8,12H2,1-4H3. The Morgan fingerprint density at radius 1 is 1.31 bits per heavy atom. The normalized spacial score (nSPS) is 12.1. The van der Waals surface area contributed by atoms with Crippen molar-refractivity contribution >= 4 is 11.8 Å². The Morgan fingerprint density at radius 3 is 2.50 bits per heavy atom. The molecule has 0 aliphatic carbocycles. The fraction of sp³-hybridized carbons (Fsp3) is 0.818. The maximum absolute atomic E-state index is 5.60. The molecule has 0 saturated heterocycles. The van der Waals surface area contributed by atoms with Crippen LogP contribution < -0.4 is 5.73 Å². The largest absolute Gasteiger partial charge is 0.324 e. The lowest BCUT2D eigenvalue weighted by molar-refractivity contribution is 0.401. The van der Waals surface area contributed by atoms with Crippen LogP contribution in [0.5, 0.6) is 0 Å². The van der Waals surface area contributed by atoms with Crippen molar-refractivity contribution in [1.29, 1.82) is 0 Å². The Kier molecular flexibility index (Phi) is 4.80. The van der Waals surface area contributed by atoms with Crippen molar-refractivity contribution in [1.82, 2.24) is 14.8 Å². The first-order chi connectivity index (χ1) is 7.48. The van der Waals surface area contributed by atoms with Crippen molar-refractivity contribution in [2.75, 3.05) is 5.75 Å². The van der Waals surface area contributed by atoms with E-state index >= 15 is 0 Å². The van der Waals surface area contributed by atoms with Gasteiger partial charge in [0.15, 0.2) is 5.16 Å². The minimum atomic E-state index is 0.376. The molecule has 4 nitrogen and oxygen atoms in total. The molecule has 0 atom stereocenters. The van der Waals surface area contributed by atoms with Crippen molar-refractivity contribution < 1.29 is 0 Å². The lowest BCUT2D eigenvalue weighted by atomic mass is 9.94. The van der Waals surface area contributed by atoms with E-state index in [2.05, 4.69) is 42.5 Å². The van der Waals surface area contributed by atoms with E-state index in [-0.39, 0.29) is 0 Å². The van der Waals surface area contributed by atoms with Gasteiger partial charge in [-0.15, -0.1) is 10.2 Å². The summed E-state index contributed by atoms with van der Waals surface area (Å²) in [7, 11) is 0. The summed E-state index contributed by atoms with van der Waals surface area (Å²) in [6.45, 7) is 10.2. The van der Waals surface area contributed by atoms with Gasteiger partial charge in [0.05, 0.1) is 6.54 Å². The molecule has 0 aliphatic heterocycles. The topological polar surface area (TPSA) is 56.7 Å². The predicted octanol–water partition coefficient (Wildman–Crippen LogP) is 2.29. The Morgan fingerprint density at radius 2 is 2.00 bits per heavy atom. The van der Waals surface area contributed by atoms with Gasteiger partial charge in [-0.05, 0) is 18.8 Å². The van der Waals surface area contributed by atoms with Crippen LogP contribution in [-0.4, -0.2) is 20.5 Å². The van der Waals surface area contributed by atoms with Crippen LogP contribution in [0.15, 0.2) is 5.16 Å².